The van der Waals surface area contributed by atoms with Crippen LogP contribution in [-0.2, 0) is 17.8 Å². The van der Waals surface area contributed by atoms with E-state index < -0.39 is 0 Å². The molecule has 0 unspecified atom stereocenters. The van der Waals surface area contributed by atoms with Crippen LogP contribution in [0, 0.1) is 13.8 Å². The molecule has 1 aliphatic rings. The van der Waals surface area contributed by atoms with Gasteiger partial charge in [-0.2, -0.15) is 0 Å². The van der Waals surface area contributed by atoms with Crippen molar-refractivity contribution in [2.75, 3.05) is 18.4 Å². The Balaban J connectivity index is 1.54. The third kappa shape index (κ3) is 3.80. The van der Waals surface area contributed by atoms with Crippen LogP contribution >= 0.6 is 0 Å². The Morgan fingerprint density at radius 3 is 2.48 bits per heavy atom. The summed E-state index contributed by atoms with van der Waals surface area (Å²) in [5.74, 6) is 0.0984. The fourth-order valence-electron chi connectivity index (χ4n) is 3.22. The number of nitrogens with one attached hydrogen (secondary N) is 1. The fourth-order valence-corrected chi connectivity index (χ4v) is 3.22. The van der Waals surface area contributed by atoms with Gasteiger partial charge in [0.25, 0.3) is 0 Å². The Bertz CT molecular complexity index is 688. The van der Waals surface area contributed by atoms with Crippen LogP contribution in [0.4, 0.5) is 5.69 Å². The number of fused-ring (bicyclic) bond motifs is 1. The summed E-state index contributed by atoms with van der Waals surface area (Å²) < 4.78 is 0. The van der Waals surface area contributed by atoms with Crippen molar-refractivity contribution in [3.05, 3.63) is 64.7 Å². The standard InChI is InChI=1S/C20H24N2O/c1-15-6-5-7-16(2)20(15)21-19(23)11-13-22-12-10-17-8-3-4-9-18(17)14-22/h3-9H,10-14H2,1-2H3,(H,21,23). The lowest BCUT2D eigenvalue weighted by Crippen LogP contribution is -2.33. The van der Waals surface area contributed by atoms with Crippen LogP contribution in [0.2, 0.25) is 0 Å². The molecule has 2 aromatic rings. The summed E-state index contributed by atoms with van der Waals surface area (Å²) in [6.07, 6.45) is 1.62. The number of nitrogens with zero attached hydrogens (tertiary/aromatic N) is 1. The van der Waals surface area contributed by atoms with E-state index in [-0.39, 0.29) is 5.91 Å². The van der Waals surface area contributed by atoms with Gasteiger partial charge in [0.15, 0.2) is 0 Å². The largest absolute Gasteiger partial charge is 0.326 e. The van der Waals surface area contributed by atoms with Crippen LogP contribution in [-0.4, -0.2) is 23.9 Å². The maximum Gasteiger partial charge on any atom is 0.225 e. The van der Waals surface area contributed by atoms with Gasteiger partial charge in [-0.15, -0.1) is 0 Å². The molecule has 0 saturated carbocycles. The number of amides is 1. The molecule has 1 N–H and O–H groups in total. The van der Waals surface area contributed by atoms with Crippen molar-refractivity contribution in [3.63, 3.8) is 0 Å². The summed E-state index contributed by atoms with van der Waals surface area (Å²) in [6.45, 7) is 6.86. The number of hydrogen-bond acceptors (Lipinski definition) is 2. The van der Waals surface area contributed by atoms with Gasteiger partial charge in [0.1, 0.15) is 0 Å². The van der Waals surface area contributed by atoms with Crippen molar-refractivity contribution < 1.29 is 4.79 Å². The van der Waals surface area contributed by atoms with Gasteiger partial charge in [-0.05, 0) is 42.5 Å². The third-order valence-corrected chi connectivity index (χ3v) is 4.61. The third-order valence-electron chi connectivity index (χ3n) is 4.61. The lowest BCUT2D eigenvalue weighted by Gasteiger charge is -2.28. The predicted octanol–water partition coefficient (Wildman–Crippen LogP) is 3.69. The quantitative estimate of drug-likeness (QED) is 0.934. The molecule has 3 nitrogen and oxygen atoms in total. The highest BCUT2D eigenvalue weighted by Crippen LogP contribution is 2.21. The molecule has 120 valence electrons. The summed E-state index contributed by atoms with van der Waals surface area (Å²) in [5, 5.41) is 3.07. The van der Waals surface area contributed by atoms with E-state index in [0.717, 1.165) is 42.9 Å². The Kier molecular flexibility index (Phi) is 4.77. The molecule has 0 aliphatic carbocycles. The van der Waals surface area contributed by atoms with Crippen LogP contribution in [0.15, 0.2) is 42.5 Å². The molecule has 0 saturated heterocycles. The zero-order chi connectivity index (χ0) is 16.2. The van der Waals surface area contributed by atoms with E-state index in [2.05, 4.69) is 34.5 Å². The van der Waals surface area contributed by atoms with E-state index in [1.807, 2.05) is 32.0 Å². The molecular formula is C20H24N2O. The maximum atomic E-state index is 12.3. The summed E-state index contributed by atoms with van der Waals surface area (Å²) in [6, 6.07) is 14.7. The highest BCUT2D eigenvalue weighted by molar-refractivity contribution is 5.92. The molecule has 0 fully saturated rings. The van der Waals surface area contributed by atoms with Gasteiger partial charge in [-0.3, -0.25) is 9.69 Å². The predicted molar refractivity (Wildman–Crippen MR) is 94.6 cm³/mol. The van der Waals surface area contributed by atoms with Crippen molar-refractivity contribution in [2.45, 2.75) is 33.2 Å². The first-order chi connectivity index (χ1) is 11.1. The summed E-state index contributed by atoms with van der Waals surface area (Å²) >= 11 is 0. The van der Waals surface area contributed by atoms with Gasteiger partial charge in [0.2, 0.25) is 5.91 Å². The van der Waals surface area contributed by atoms with Crippen LogP contribution < -0.4 is 5.32 Å². The molecule has 23 heavy (non-hydrogen) atoms. The highest BCUT2D eigenvalue weighted by Gasteiger charge is 2.16. The van der Waals surface area contributed by atoms with Gasteiger partial charge >= 0.3 is 0 Å². The molecule has 1 heterocycles. The van der Waals surface area contributed by atoms with Crippen molar-refractivity contribution in [1.29, 1.82) is 0 Å². The van der Waals surface area contributed by atoms with Gasteiger partial charge < -0.3 is 5.32 Å². The van der Waals surface area contributed by atoms with E-state index in [4.69, 9.17) is 0 Å². The minimum Gasteiger partial charge on any atom is -0.326 e. The molecule has 3 rings (SSSR count). The molecular weight excluding hydrogens is 284 g/mol. The van der Waals surface area contributed by atoms with E-state index in [1.165, 1.54) is 11.1 Å². The Hall–Kier alpha value is -2.13. The number of rotatable bonds is 4. The number of benzene rings is 2. The number of para-hydroxylation sites is 1. The number of anilines is 1. The molecule has 1 amide bonds. The summed E-state index contributed by atoms with van der Waals surface area (Å²) in [7, 11) is 0. The Morgan fingerprint density at radius 1 is 1.04 bits per heavy atom. The zero-order valence-corrected chi connectivity index (χ0v) is 13.9. The molecule has 0 bridgehead atoms. The van der Waals surface area contributed by atoms with E-state index in [0.29, 0.717) is 6.42 Å². The second kappa shape index (κ2) is 6.97. The number of hydrogen-bond donors (Lipinski definition) is 1. The lowest BCUT2D eigenvalue weighted by molar-refractivity contribution is -0.116. The topological polar surface area (TPSA) is 32.3 Å². The summed E-state index contributed by atoms with van der Waals surface area (Å²) in [5.41, 5.74) is 6.04. The number of aryl methyl sites for hydroxylation is 2. The molecule has 2 aromatic carbocycles. The highest BCUT2D eigenvalue weighted by atomic mass is 16.1. The number of carbonyl (C=O) groups is 1. The zero-order valence-electron chi connectivity index (χ0n) is 13.9. The lowest BCUT2D eigenvalue weighted by atomic mass is 10.00. The van der Waals surface area contributed by atoms with E-state index in [9.17, 15) is 4.79 Å². The molecule has 1 aliphatic heterocycles. The average Bonchev–Trinajstić information content (AvgIpc) is 2.56. The fraction of sp³-hybridized carbons (Fsp3) is 0.350. The second-order valence-corrected chi connectivity index (χ2v) is 6.36. The summed E-state index contributed by atoms with van der Waals surface area (Å²) in [4.78, 5) is 14.6. The van der Waals surface area contributed by atoms with Crippen molar-refractivity contribution in [2.24, 2.45) is 0 Å². The molecule has 0 atom stereocenters. The van der Waals surface area contributed by atoms with Gasteiger partial charge in [-0.25, -0.2) is 0 Å². The van der Waals surface area contributed by atoms with Crippen LogP contribution in [0.1, 0.15) is 28.7 Å². The van der Waals surface area contributed by atoms with E-state index >= 15 is 0 Å². The second-order valence-electron chi connectivity index (χ2n) is 6.36. The average molecular weight is 308 g/mol. The monoisotopic (exact) mass is 308 g/mol. The van der Waals surface area contributed by atoms with Crippen molar-refractivity contribution in [3.8, 4) is 0 Å². The minimum absolute atomic E-state index is 0.0984. The van der Waals surface area contributed by atoms with Gasteiger partial charge in [0, 0.05) is 31.7 Å². The minimum atomic E-state index is 0.0984. The Morgan fingerprint density at radius 2 is 1.74 bits per heavy atom. The van der Waals surface area contributed by atoms with Crippen molar-refractivity contribution >= 4 is 11.6 Å². The normalized spacial score (nSPS) is 14.3. The van der Waals surface area contributed by atoms with Gasteiger partial charge in [-0.1, -0.05) is 42.5 Å². The maximum absolute atomic E-state index is 12.3. The molecule has 0 radical (unpaired) electrons. The first kappa shape index (κ1) is 15.8. The van der Waals surface area contributed by atoms with Crippen LogP contribution in [0.3, 0.4) is 0 Å². The van der Waals surface area contributed by atoms with Crippen molar-refractivity contribution in [1.82, 2.24) is 4.90 Å². The number of carbonyl (C=O) groups excluding carboxylic acids is 1. The molecule has 3 heteroatoms. The van der Waals surface area contributed by atoms with Crippen LogP contribution in [0.5, 0.6) is 0 Å². The molecule has 0 spiro atoms. The first-order valence-corrected chi connectivity index (χ1v) is 8.28. The van der Waals surface area contributed by atoms with Gasteiger partial charge in [0.05, 0.1) is 0 Å². The van der Waals surface area contributed by atoms with Crippen LogP contribution in [0.25, 0.3) is 0 Å². The Labute approximate surface area is 138 Å². The smallest absolute Gasteiger partial charge is 0.225 e. The first-order valence-electron chi connectivity index (χ1n) is 8.28. The molecule has 0 aromatic heterocycles. The SMILES string of the molecule is Cc1cccc(C)c1NC(=O)CCN1CCc2ccccc2C1. The van der Waals surface area contributed by atoms with E-state index in [1.54, 1.807) is 0 Å².